The molecule has 0 aromatic rings. The maximum Gasteiger partial charge on any atom is 0.324 e. The standard InChI is InChI=1S/C11H22N2O6S2/c1-9(2)10(13-6-4-8-21(13,17)18)11(14)19-7-5-12-20(3,15)16/h9-10,12H,4-8H2,1-3H3. The zero-order chi connectivity index (χ0) is 16.3. The lowest BCUT2D eigenvalue weighted by Gasteiger charge is -2.27. The number of hydrogen-bond acceptors (Lipinski definition) is 6. The Morgan fingerprint density at radius 2 is 2.00 bits per heavy atom. The molecule has 1 fully saturated rings. The molecular formula is C11H22N2O6S2. The first kappa shape index (κ1) is 18.3. The summed E-state index contributed by atoms with van der Waals surface area (Å²) in [5, 5.41) is 0. The van der Waals surface area contributed by atoms with Gasteiger partial charge in [-0.1, -0.05) is 13.8 Å². The van der Waals surface area contributed by atoms with Crippen LogP contribution in [0.25, 0.3) is 0 Å². The maximum absolute atomic E-state index is 12.1. The second-order valence-electron chi connectivity index (χ2n) is 5.30. The summed E-state index contributed by atoms with van der Waals surface area (Å²) >= 11 is 0. The molecule has 0 amide bonds. The average molecular weight is 342 g/mol. The van der Waals surface area contributed by atoms with Gasteiger partial charge in [0.05, 0.1) is 12.0 Å². The van der Waals surface area contributed by atoms with E-state index in [-0.39, 0.29) is 24.8 Å². The van der Waals surface area contributed by atoms with Gasteiger partial charge in [0, 0.05) is 13.1 Å². The van der Waals surface area contributed by atoms with Crippen LogP contribution in [-0.4, -0.2) is 64.9 Å². The molecule has 1 aliphatic heterocycles. The molecule has 124 valence electrons. The summed E-state index contributed by atoms with van der Waals surface area (Å²) < 4.78 is 53.9. The van der Waals surface area contributed by atoms with Crippen molar-refractivity contribution >= 4 is 26.0 Å². The second kappa shape index (κ2) is 7.03. The highest BCUT2D eigenvalue weighted by Crippen LogP contribution is 2.22. The topological polar surface area (TPSA) is 110 Å². The molecule has 0 radical (unpaired) electrons. The van der Waals surface area contributed by atoms with Gasteiger partial charge in [-0.2, -0.15) is 4.31 Å². The Labute approximate surface area is 125 Å². The van der Waals surface area contributed by atoms with Crippen LogP contribution in [0.1, 0.15) is 20.3 Å². The number of carbonyl (C=O) groups excluding carboxylic acids is 1. The van der Waals surface area contributed by atoms with Crippen molar-refractivity contribution in [1.29, 1.82) is 0 Å². The smallest absolute Gasteiger partial charge is 0.324 e. The minimum absolute atomic E-state index is 0.0395. The van der Waals surface area contributed by atoms with Crippen LogP contribution in [0, 0.1) is 5.92 Å². The summed E-state index contributed by atoms with van der Waals surface area (Å²) in [5.41, 5.74) is 0. The molecule has 0 saturated carbocycles. The Hall–Kier alpha value is -0.710. The van der Waals surface area contributed by atoms with Crippen molar-refractivity contribution < 1.29 is 26.4 Å². The van der Waals surface area contributed by atoms with E-state index in [1.54, 1.807) is 13.8 Å². The molecule has 1 rings (SSSR count). The van der Waals surface area contributed by atoms with Crippen molar-refractivity contribution in [3.63, 3.8) is 0 Å². The first-order valence-electron chi connectivity index (χ1n) is 6.65. The van der Waals surface area contributed by atoms with Crippen LogP contribution in [0.2, 0.25) is 0 Å². The van der Waals surface area contributed by atoms with Crippen molar-refractivity contribution in [1.82, 2.24) is 9.03 Å². The van der Waals surface area contributed by atoms with Crippen LogP contribution < -0.4 is 4.72 Å². The van der Waals surface area contributed by atoms with Gasteiger partial charge < -0.3 is 4.74 Å². The number of carbonyl (C=O) groups is 1. The summed E-state index contributed by atoms with van der Waals surface area (Å²) in [6, 6.07) is -0.865. The monoisotopic (exact) mass is 342 g/mol. The van der Waals surface area contributed by atoms with E-state index in [2.05, 4.69) is 4.72 Å². The van der Waals surface area contributed by atoms with Crippen LogP contribution >= 0.6 is 0 Å². The van der Waals surface area contributed by atoms with Gasteiger partial charge in [0.2, 0.25) is 20.0 Å². The first-order chi connectivity index (χ1) is 9.54. The van der Waals surface area contributed by atoms with Crippen LogP contribution in [0.15, 0.2) is 0 Å². The minimum Gasteiger partial charge on any atom is -0.463 e. The molecule has 1 N–H and O–H groups in total. The first-order valence-corrected chi connectivity index (χ1v) is 10.2. The summed E-state index contributed by atoms with van der Waals surface area (Å²) in [6.07, 6.45) is 1.50. The highest BCUT2D eigenvalue weighted by molar-refractivity contribution is 7.89. The molecule has 1 atom stereocenters. The van der Waals surface area contributed by atoms with E-state index >= 15 is 0 Å². The molecular weight excluding hydrogens is 320 g/mol. The Kier molecular flexibility index (Phi) is 6.14. The zero-order valence-electron chi connectivity index (χ0n) is 12.4. The average Bonchev–Trinajstić information content (AvgIpc) is 2.63. The third-order valence-corrected chi connectivity index (χ3v) is 5.69. The highest BCUT2D eigenvalue weighted by Gasteiger charge is 2.40. The summed E-state index contributed by atoms with van der Waals surface area (Å²) in [6.45, 7) is 3.62. The van der Waals surface area contributed by atoms with Crippen molar-refractivity contribution in [3.05, 3.63) is 0 Å². The van der Waals surface area contributed by atoms with Crippen LogP contribution in [0.4, 0.5) is 0 Å². The van der Waals surface area contributed by atoms with E-state index < -0.39 is 32.1 Å². The van der Waals surface area contributed by atoms with Crippen molar-refractivity contribution in [2.75, 3.05) is 31.7 Å². The zero-order valence-corrected chi connectivity index (χ0v) is 14.0. The van der Waals surface area contributed by atoms with Gasteiger partial charge >= 0.3 is 5.97 Å². The number of sulfonamides is 2. The van der Waals surface area contributed by atoms with Crippen LogP contribution in [0.5, 0.6) is 0 Å². The predicted octanol–water partition coefficient (Wildman–Crippen LogP) is -0.861. The molecule has 0 aliphatic carbocycles. The molecule has 8 nitrogen and oxygen atoms in total. The van der Waals surface area contributed by atoms with E-state index in [0.29, 0.717) is 13.0 Å². The number of nitrogens with zero attached hydrogens (tertiary/aromatic N) is 1. The lowest BCUT2D eigenvalue weighted by molar-refractivity contribution is -0.149. The molecule has 10 heteroatoms. The molecule has 1 unspecified atom stereocenters. The Bertz CT molecular complexity index is 570. The van der Waals surface area contributed by atoms with Crippen LogP contribution in [0.3, 0.4) is 0 Å². The van der Waals surface area contributed by atoms with E-state index in [9.17, 15) is 21.6 Å². The Morgan fingerprint density at radius 3 is 2.43 bits per heavy atom. The predicted molar refractivity (Wildman–Crippen MR) is 77.5 cm³/mol. The fourth-order valence-electron chi connectivity index (χ4n) is 2.16. The van der Waals surface area contributed by atoms with Crippen molar-refractivity contribution in [2.24, 2.45) is 5.92 Å². The maximum atomic E-state index is 12.1. The normalized spacial score (nSPS) is 20.6. The fraction of sp³-hybridized carbons (Fsp3) is 0.909. The molecule has 0 aromatic carbocycles. The van der Waals surface area contributed by atoms with Gasteiger partial charge in [-0.25, -0.2) is 21.6 Å². The second-order valence-corrected chi connectivity index (χ2v) is 9.18. The van der Waals surface area contributed by atoms with E-state index in [1.165, 1.54) is 4.31 Å². The van der Waals surface area contributed by atoms with Crippen LogP contribution in [-0.2, 0) is 29.6 Å². The fourth-order valence-corrected chi connectivity index (χ4v) is 4.42. The SMILES string of the molecule is CC(C)C(C(=O)OCCNS(C)(=O)=O)N1CCCS1(=O)=O. The molecule has 1 heterocycles. The van der Waals surface area contributed by atoms with Crippen molar-refractivity contribution in [3.8, 4) is 0 Å². The molecule has 21 heavy (non-hydrogen) atoms. The van der Waals surface area contributed by atoms with Gasteiger partial charge in [0.1, 0.15) is 12.6 Å². The van der Waals surface area contributed by atoms with Gasteiger partial charge in [-0.05, 0) is 12.3 Å². The molecule has 1 saturated heterocycles. The number of rotatable bonds is 7. The lowest BCUT2D eigenvalue weighted by atomic mass is 10.0. The molecule has 0 spiro atoms. The van der Waals surface area contributed by atoms with E-state index in [0.717, 1.165) is 6.26 Å². The Balaban J connectivity index is 2.63. The highest BCUT2D eigenvalue weighted by atomic mass is 32.2. The van der Waals surface area contributed by atoms with E-state index in [1.807, 2.05) is 0 Å². The summed E-state index contributed by atoms with van der Waals surface area (Å²) in [7, 11) is -6.75. The van der Waals surface area contributed by atoms with Crippen molar-refractivity contribution in [2.45, 2.75) is 26.3 Å². The number of esters is 1. The number of nitrogens with one attached hydrogen (secondary N) is 1. The largest absolute Gasteiger partial charge is 0.463 e. The summed E-state index contributed by atoms with van der Waals surface area (Å²) in [5.74, 6) is -0.835. The van der Waals surface area contributed by atoms with Gasteiger partial charge in [0.25, 0.3) is 0 Å². The number of hydrogen-bond donors (Lipinski definition) is 1. The third-order valence-electron chi connectivity index (χ3n) is 3.03. The van der Waals surface area contributed by atoms with E-state index in [4.69, 9.17) is 4.74 Å². The number of ether oxygens (including phenoxy) is 1. The summed E-state index contributed by atoms with van der Waals surface area (Å²) in [4.78, 5) is 12.1. The lowest BCUT2D eigenvalue weighted by Crippen LogP contribution is -2.46. The minimum atomic E-state index is -3.41. The Morgan fingerprint density at radius 1 is 1.38 bits per heavy atom. The quantitative estimate of drug-likeness (QED) is 0.476. The molecule has 1 aliphatic rings. The third kappa shape index (κ3) is 5.53. The van der Waals surface area contributed by atoms with Gasteiger partial charge in [-0.3, -0.25) is 4.79 Å². The van der Waals surface area contributed by atoms with Gasteiger partial charge in [0.15, 0.2) is 0 Å². The molecule has 0 bridgehead atoms. The van der Waals surface area contributed by atoms with Gasteiger partial charge in [-0.15, -0.1) is 0 Å². The molecule has 0 aromatic heterocycles.